The molecular formula is C92H164NO8+. The Balaban J connectivity index is 3.96. The summed E-state index contributed by atoms with van der Waals surface area (Å²) in [5.41, 5.74) is 0. The minimum Gasteiger partial charge on any atom is -0.477 e. The van der Waals surface area contributed by atoms with Gasteiger partial charge in [-0.25, -0.2) is 4.79 Å². The quantitative estimate of drug-likeness (QED) is 0.0211. The van der Waals surface area contributed by atoms with Crippen molar-refractivity contribution in [3.8, 4) is 0 Å². The molecule has 0 aromatic rings. The Labute approximate surface area is 625 Å². The largest absolute Gasteiger partial charge is 0.477 e. The van der Waals surface area contributed by atoms with Crippen LogP contribution < -0.4 is 0 Å². The maximum atomic E-state index is 13.0. The molecule has 101 heavy (non-hydrogen) atoms. The molecule has 0 bridgehead atoms. The van der Waals surface area contributed by atoms with Gasteiger partial charge in [-0.3, -0.25) is 9.59 Å². The first-order valence-corrected chi connectivity index (χ1v) is 43.1. The van der Waals surface area contributed by atoms with E-state index in [9.17, 15) is 19.5 Å². The zero-order chi connectivity index (χ0) is 73.2. The number of carboxylic acids is 1. The smallest absolute Gasteiger partial charge is 0.361 e. The molecule has 2 unspecified atom stereocenters. The van der Waals surface area contributed by atoms with Crippen molar-refractivity contribution in [3.05, 3.63) is 109 Å². The lowest BCUT2D eigenvalue weighted by molar-refractivity contribution is -0.870. The number of unbranched alkanes of at least 4 members (excludes halogenated alkanes) is 47. The van der Waals surface area contributed by atoms with Gasteiger partial charge in [-0.15, -0.1) is 0 Å². The Kier molecular flexibility index (Phi) is 78.3. The van der Waals surface area contributed by atoms with Crippen LogP contribution in [0.4, 0.5) is 0 Å². The fraction of sp³-hybridized carbons (Fsp3) is 0.772. The summed E-state index contributed by atoms with van der Waals surface area (Å²) in [6.45, 7) is 4.80. The molecule has 2 atom stereocenters. The molecule has 0 saturated carbocycles. The number of carbonyl (C=O) groups excluding carboxylic acids is 2. The summed E-state index contributed by atoms with van der Waals surface area (Å²) in [6.07, 6.45) is 113. The van der Waals surface area contributed by atoms with Gasteiger partial charge < -0.3 is 28.5 Å². The highest BCUT2D eigenvalue weighted by Crippen LogP contribution is 2.20. The molecule has 0 aliphatic rings. The van der Waals surface area contributed by atoms with Gasteiger partial charge in [0.05, 0.1) is 34.4 Å². The molecule has 0 amide bonds. The number of nitrogens with zero attached hydrogens (tertiary/aromatic N) is 1. The highest BCUT2D eigenvalue weighted by atomic mass is 16.7. The van der Waals surface area contributed by atoms with Crippen molar-refractivity contribution < 1.29 is 42.9 Å². The van der Waals surface area contributed by atoms with Gasteiger partial charge in [0.25, 0.3) is 6.29 Å². The number of carboxylic acid groups (broad SMARTS) is 1. The van der Waals surface area contributed by atoms with Gasteiger partial charge in [0.2, 0.25) is 0 Å². The van der Waals surface area contributed by atoms with Gasteiger partial charge in [-0.05, 0) is 103 Å². The first kappa shape index (κ1) is 97.0. The summed E-state index contributed by atoms with van der Waals surface area (Å²) in [4.78, 5) is 37.8. The molecule has 0 saturated heterocycles. The highest BCUT2D eigenvalue weighted by molar-refractivity contribution is 5.71. The van der Waals surface area contributed by atoms with Crippen LogP contribution >= 0.6 is 0 Å². The maximum Gasteiger partial charge on any atom is 0.361 e. The Morgan fingerprint density at radius 2 is 0.564 bits per heavy atom. The standard InChI is InChI=1S/C92H163NO8/c1-6-8-10-12-14-16-18-20-22-24-26-28-30-32-34-36-38-40-42-44-45-47-48-50-52-54-56-58-60-62-64-66-68-70-72-74-76-78-80-82-89(94)99-86-88(87-100-92(91(96)97)98-85-84-93(3,4)5)101-90(95)83-81-79-77-75-73-71-69-67-65-63-61-59-57-55-53-51-49-46-43-41-39-37-35-33-31-29-27-25-23-21-19-17-15-13-11-9-7-2/h9,11,15,17-18,20-21,23-24,26-27,29-30,32-33,35,39,41,88,92H,6-8,10,12-14,16,19,22,25,28,31,34,36-38,40,42-87H2,1-5H3/p+1/b11-9-,17-15-,20-18-,23-21-,26-24-,29-27-,32-30-,35-33-,41-39-. The van der Waals surface area contributed by atoms with Gasteiger partial charge in [0.15, 0.2) is 6.10 Å². The minimum atomic E-state index is -1.51. The minimum absolute atomic E-state index is 0.180. The van der Waals surface area contributed by atoms with Crippen molar-refractivity contribution in [1.82, 2.24) is 0 Å². The molecule has 0 heterocycles. The van der Waals surface area contributed by atoms with Gasteiger partial charge in [-0.2, -0.15) is 0 Å². The van der Waals surface area contributed by atoms with E-state index in [1.807, 2.05) is 21.1 Å². The van der Waals surface area contributed by atoms with Crippen LogP contribution in [0, 0.1) is 0 Å². The molecule has 1 N–H and O–H groups in total. The van der Waals surface area contributed by atoms with Crippen LogP contribution in [0.25, 0.3) is 0 Å². The lowest BCUT2D eigenvalue weighted by Crippen LogP contribution is -2.40. The predicted octanol–water partition coefficient (Wildman–Crippen LogP) is 28.0. The summed E-state index contributed by atoms with van der Waals surface area (Å²) < 4.78 is 23.1. The highest BCUT2D eigenvalue weighted by Gasteiger charge is 2.25. The van der Waals surface area contributed by atoms with Crippen molar-refractivity contribution in [2.45, 2.75) is 411 Å². The SMILES string of the molecule is CC/C=C\C/C=C\C/C=C\C/C=C\C/C=C\C/C=C\CCCCCCCCCCCCCCCCCCCCC(=O)OC(COC(=O)CCCCCCCCCCCCCCCCCCCCCCCCCC/C=C\C/C=C\C/C=C\CCCCCCC)COC(OCC[N+](C)(C)C)C(=O)O. The van der Waals surface area contributed by atoms with E-state index in [1.165, 1.54) is 283 Å². The molecule has 584 valence electrons. The van der Waals surface area contributed by atoms with Crippen molar-refractivity contribution in [1.29, 1.82) is 0 Å². The Bertz CT molecular complexity index is 2040. The number of rotatable bonds is 80. The third-order valence-electron chi connectivity index (χ3n) is 19.0. The number of esters is 2. The molecule has 0 rings (SSSR count). The van der Waals surface area contributed by atoms with Crippen molar-refractivity contribution in [3.63, 3.8) is 0 Å². The van der Waals surface area contributed by atoms with Crippen LogP contribution in [0.5, 0.6) is 0 Å². The Hall–Kier alpha value is -4.05. The third kappa shape index (κ3) is 83.1. The fourth-order valence-corrected chi connectivity index (χ4v) is 12.5. The van der Waals surface area contributed by atoms with Crippen molar-refractivity contribution >= 4 is 17.9 Å². The average molecular weight is 1410 g/mol. The van der Waals surface area contributed by atoms with E-state index in [0.717, 1.165) is 89.9 Å². The molecule has 0 radical (unpaired) electrons. The predicted molar refractivity (Wildman–Crippen MR) is 438 cm³/mol. The lowest BCUT2D eigenvalue weighted by atomic mass is 10.0. The van der Waals surface area contributed by atoms with Gasteiger partial charge >= 0.3 is 17.9 Å². The number of likely N-dealkylation sites (N-methyl/N-ethyl adjacent to an activating group) is 1. The van der Waals surface area contributed by atoms with Crippen LogP contribution in [0.15, 0.2) is 109 Å². The molecule has 0 spiro atoms. The molecule has 0 fully saturated rings. The van der Waals surface area contributed by atoms with Crippen molar-refractivity contribution in [2.75, 3.05) is 47.5 Å². The summed E-state index contributed by atoms with van der Waals surface area (Å²) >= 11 is 0. The van der Waals surface area contributed by atoms with Crippen LogP contribution in [0.3, 0.4) is 0 Å². The summed E-state index contributed by atoms with van der Waals surface area (Å²) in [5.74, 6) is -1.98. The molecule has 9 nitrogen and oxygen atoms in total. The topological polar surface area (TPSA) is 108 Å². The van der Waals surface area contributed by atoms with E-state index >= 15 is 0 Å². The van der Waals surface area contributed by atoms with Crippen LogP contribution in [0.2, 0.25) is 0 Å². The Morgan fingerprint density at radius 1 is 0.307 bits per heavy atom. The van der Waals surface area contributed by atoms with Gasteiger partial charge in [0.1, 0.15) is 13.2 Å². The summed E-state index contributed by atoms with van der Waals surface area (Å²) in [5, 5.41) is 9.79. The van der Waals surface area contributed by atoms with E-state index in [2.05, 4.69) is 123 Å². The third-order valence-corrected chi connectivity index (χ3v) is 19.0. The van der Waals surface area contributed by atoms with E-state index in [-0.39, 0.29) is 38.2 Å². The average Bonchev–Trinajstić information content (AvgIpc) is 1.25. The van der Waals surface area contributed by atoms with Crippen LogP contribution in [-0.4, -0.2) is 87.4 Å². The van der Waals surface area contributed by atoms with Crippen LogP contribution in [0.1, 0.15) is 399 Å². The second-order valence-corrected chi connectivity index (χ2v) is 30.1. The van der Waals surface area contributed by atoms with Gasteiger partial charge in [0, 0.05) is 12.8 Å². The van der Waals surface area contributed by atoms with E-state index in [4.69, 9.17) is 18.9 Å². The fourth-order valence-electron chi connectivity index (χ4n) is 12.5. The summed E-state index contributed by atoms with van der Waals surface area (Å²) in [6, 6.07) is 0. The monoisotopic (exact) mass is 1410 g/mol. The first-order chi connectivity index (χ1) is 49.6. The molecule has 0 aromatic carbocycles. The molecule has 0 aliphatic heterocycles. The van der Waals surface area contributed by atoms with Crippen LogP contribution in [-0.2, 0) is 33.3 Å². The zero-order valence-electron chi connectivity index (χ0n) is 67.1. The van der Waals surface area contributed by atoms with Gasteiger partial charge in [-0.1, -0.05) is 393 Å². The number of ether oxygens (including phenoxy) is 4. The molecule has 0 aliphatic carbocycles. The van der Waals surface area contributed by atoms with E-state index < -0.39 is 18.4 Å². The number of quaternary nitrogens is 1. The Morgan fingerprint density at radius 3 is 0.842 bits per heavy atom. The van der Waals surface area contributed by atoms with E-state index in [0.29, 0.717) is 17.4 Å². The summed E-state index contributed by atoms with van der Waals surface area (Å²) in [7, 11) is 6.00. The zero-order valence-corrected chi connectivity index (χ0v) is 67.1. The lowest BCUT2D eigenvalue weighted by Gasteiger charge is -2.25. The number of allylic oxidation sites excluding steroid dienone is 18. The normalized spacial score (nSPS) is 13.2. The molecular weight excluding hydrogens is 1250 g/mol. The van der Waals surface area contributed by atoms with Crippen molar-refractivity contribution in [2.24, 2.45) is 0 Å². The van der Waals surface area contributed by atoms with E-state index in [1.54, 1.807) is 0 Å². The maximum absolute atomic E-state index is 13.0. The number of hydrogen-bond donors (Lipinski definition) is 1. The number of aliphatic carboxylic acids is 1. The molecule has 9 heteroatoms. The number of carbonyl (C=O) groups is 3. The second-order valence-electron chi connectivity index (χ2n) is 30.1. The second kappa shape index (κ2) is 81.6. The first-order valence-electron chi connectivity index (χ1n) is 43.1. The molecule has 0 aromatic heterocycles. The number of hydrogen-bond acceptors (Lipinski definition) is 7.